The molecule has 3 nitrogen and oxygen atoms in total. The maximum Gasteiger partial charge on any atom is 0.176 e. The predicted molar refractivity (Wildman–Crippen MR) is 70.7 cm³/mol. The highest BCUT2D eigenvalue weighted by Gasteiger charge is 2.40. The molecule has 0 aromatic carbocycles. The fraction of sp³-hybridized carbons (Fsp3) is 1.00. The minimum atomic E-state index is -0.643. The van der Waals surface area contributed by atoms with Crippen molar-refractivity contribution in [1.82, 2.24) is 9.80 Å². The van der Waals surface area contributed by atoms with Crippen molar-refractivity contribution in [2.24, 2.45) is 0 Å². The molecule has 0 saturated carbocycles. The Kier molecular flexibility index (Phi) is 4.83. The molecule has 17 heavy (non-hydrogen) atoms. The molecule has 2 saturated heterocycles. The van der Waals surface area contributed by atoms with Crippen molar-refractivity contribution in [3.8, 4) is 0 Å². The molecule has 0 aliphatic carbocycles. The van der Waals surface area contributed by atoms with Gasteiger partial charge in [-0.1, -0.05) is 26.2 Å². The summed E-state index contributed by atoms with van der Waals surface area (Å²) in [5.74, 6) is -0.643. The van der Waals surface area contributed by atoms with Crippen LogP contribution in [0.25, 0.3) is 0 Å². The number of piperidine rings is 2. The van der Waals surface area contributed by atoms with Crippen LogP contribution in [0.15, 0.2) is 0 Å². The Morgan fingerprint density at radius 3 is 1.59 bits per heavy atom. The molecule has 2 fully saturated rings. The molecule has 3 heteroatoms. The Bertz CT molecular complexity index is 202. The van der Waals surface area contributed by atoms with E-state index in [4.69, 9.17) is 0 Å². The van der Waals surface area contributed by atoms with Gasteiger partial charge in [0.1, 0.15) is 0 Å². The van der Waals surface area contributed by atoms with Crippen molar-refractivity contribution < 1.29 is 5.11 Å². The SMILES string of the molecule is CCCC(O)(N1CCCCC1)N1CCCCC1. The molecule has 0 bridgehead atoms. The van der Waals surface area contributed by atoms with E-state index in [1.165, 1.54) is 38.5 Å². The molecule has 0 spiro atoms. The normalized spacial score (nSPS) is 25.1. The smallest absolute Gasteiger partial charge is 0.176 e. The minimum absolute atomic E-state index is 0.643. The zero-order chi connectivity index (χ0) is 12.1. The molecule has 0 atom stereocenters. The fourth-order valence-electron chi connectivity index (χ4n) is 3.36. The standard InChI is InChI=1S/C14H28N2O/c1-2-9-14(17,15-10-5-3-6-11-15)16-12-7-4-8-13-16/h17H,2-13H2,1H3. The van der Waals surface area contributed by atoms with Crippen molar-refractivity contribution in [3.05, 3.63) is 0 Å². The Morgan fingerprint density at radius 2 is 1.24 bits per heavy atom. The van der Waals surface area contributed by atoms with Gasteiger partial charge in [-0.2, -0.15) is 0 Å². The van der Waals surface area contributed by atoms with Crippen LogP contribution in [0.1, 0.15) is 58.3 Å². The van der Waals surface area contributed by atoms with Gasteiger partial charge >= 0.3 is 0 Å². The van der Waals surface area contributed by atoms with E-state index in [1.807, 2.05) is 0 Å². The third-order valence-corrected chi connectivity index (χ3v) is 4.31. The van der Waals surface area contributed by atoms with Crippen LogP contribution in [0.4, 0.5) is 0 Å². The first-order valence-electron chi connectivity index (χ1n) is 7.50. The van der Waals surface area contributed by atoms with Gasteiger partial charge in [0.2, 0.25) is 0 Å². The zero-order valence-electron chi connectivity index (χ0n) is 11.3. The van der Waals surface area contributed by atoms with Crippen LogP contribution < -0.4 is 0 Å². The van der Waals surface area contributed by atoms with Crippen molar-refractivity contribution in [2.75, 3.05) is 26.2 Å². The molecule has 0 radical (unpaired) electrons. The van der Waals surface area contributed by atoms with E-state index in [0.717, 1.165) is 39.0 Å². The average Bonchev–Trinajstić information content (AvgIpc) is 2.41. The van der Waals surface area contributed by atoms with E-state index in [2.05, 4.69) is 16.7 Å². The summed E-state index contributed by atoms with van der Waals surface area (Å²) in [5.41, 5.74) is 0. The van der Waals surface area contributed by atoms with Crippen LogP contribution in [0.2, 0.25) is 0 Å². The second-order valence-electron chi connectivity index (χ2n) is 5.62. The van der Waals surface area contributed by atoms with Gasteiger partial charge in [-0.25, -0.2) is 0 Å². The van der Waals surface area contributed by atoms with Crippen LogP contribution >= 0.6 is 0 Å². The van der Waals surface area contributed by atoms with Gasteiger partial charge in [-0.3, -0.25) is 9.80 Å². The summed E-state index contributed by atoms with van der Waals surface area (Å²) in [7, 11) is 0. The summed E-state index contributed by atoms with van der Waals surface area (Å²) in [5, 5.41) is 11.1. The van der Waals surface area contributed by atoms with Gasteiger partial charge < -0.3 is 5.11 Å². The van der Waals surface area contributed by atoms with E-state index >= 15 is 0 Å². The molecule has 2 aliphatic rings. The van der Waals surface area contributed by atoms with E-state index < -0.39 is 5.85 Å². The maximum absolute atomic E-state index is 11.1. The molecule has 2 aliphatic heterocycles. The Balaban J connectivity index is 2.05. The van der Waals surface area contributed by atoms with Crippen LogP contribution in [0.5, 0.6) is 0 Å². The highest BCUT2D eigenvalue weighted by molar-refractivity contribution is 4.84. The number of hydrogen-bond donors (Lipinski definition) is 1. The van der Waals surface area contributed by atoms with Gasteiger partial charge in [0.25, 0.3) is 0 Å². The third kappa shape index (κ3) is 3.01. The molecule has 0 amide bonds. The van der Waals surface area contributed by atoms with Gasteiger partial charge in [0, 0.05) is 32.6 Å². The lowest BCUT2D eigenvalue weighted by molar-refractivity contribution is -0.229. The Labute approximate surface area is 106 Å². The van der Waals surface area contributed by atoms with E-state index in [0.29, 0.717) is 0 Å². The summed E-state index contributed by atoms with van der Waals surface area (Å²) < 4.78 is 0. The van der Waals surface area contributed by atoms with Gasteiger partial charge in [0.15, 0.2) is 5.85 Å². The van der Waals surface area contributed by atoms with Crippen LogP contribution in [0.3, 0.4) is 0 Å². The molecule has 1 N–H and O–H groups in total. The second kappa shape index (κ2) is 6.17. The lowest BCUT2D eigenvalue weighted by atomic mass is 10.0. The summed E-state index contributed by atoms with van der Waals surface area (Å²) in [6.07, 6.45) is 9.62. The predicted octanol–water partition coefficient (Wildman–Crippen LogP) is 2.40. The molecular weight excluding hydrogens is 212 g/mol. The zero-order valence-corrected chi connectivity index (χ0v) is 11.3. The van der Waals surface area contributed by atoms with Crippen molar-refractivity contribution >= 4 is 0 Å². The molecule has 0 aromatic heterocycles. The highest BCUT2D eigenvalue weighted by Crippen LogP contribution is 2.29. The van der Waals surface area contributed by atoms with E-state index in [-0.39, 0.29) is 0 Å². The summed E-state index contributed by atoms with van der Waals surface area (Å²) in [6, 6.07) is 0. The largest absolute Gasteiger partial charge is 0.363 e. The molecular formula is C14H28N2O. The quantitative estimate of drug-likeness (QED) is 0.817. The molecule has 0 aromatic rings. The van der Waals surface area contributed by atoms with Crippen LogP contribution in [-0.4, -0.2) is 46.9 Å². The number of hydrogen-bond acceptors (Lipinski definition) is 3. The first kappa shape index (κ1) is 13.3. The van der Waals surface area contributed by atoms with Gasteiger partial charge in [-0.15, -0.1) is 0 Å². The first-order valence-corrected chi connectivity index (χ1v) is 7.50. The summed E-state index contributed by atoms with van der Waals surface area (Å²) in [4.78, 5) is 4.68. The second-order valence-corrected chi connectivity index (χ2v) is 5.62. The number of aliphatic hydroxyl groups is 1. The average molecular weight is 240 g/mol. The maximum atomic E-state index is 11.1. The van der Waals surface area contributed by atoms with Crippen molar-refractivity contribution in [2.45, 2.75) is 64.1 Å². The Hall–Kier alpha value is -0.120. The number of likely N-dealkylation sites (tertiary alicyclic amines) is 2. The summed E-state index contributed by atoms with van der Waals surface area (Å²) >= 11 is 0. The lowest BCUT2D eigenvalue weighted by Crippen LogP contribution is -2.63. The fourth-order valence-corrected chi connectivity index (χ4v) is 3.36. The van der Waals surface area contributed by atoms with Crippen LogP contribution in [-0.2, 0) is 0 Å². The minimum Gasteiger partial charge on any atom is -0.363 e. The van der Waals surface area contributed by atoms with Gasteiger partial charge in [-0.05, 0) is 25.7 Å². The lowest BCUT2D eigenvalue weighted by Gasteiger charge is -2.49. The molecule has 2 rings (SSSR count). The monoisotopic (exact) mass is 240 g/mol. The first-order chi connectivity index (χ1) is 8.27. The van der Waals surface area contributed by atoms with Crippen LogP contribution in [0, 0.1) is 0 Å². The molecule has 0 unspecified atom stereocenters. The third-order valence-electron chi connectivity index (χ3n) is 4.31. The molecule has 2 heterocycles. The van der Waals surface area contributed by atoms with E-state index in [9.17, 15) is 5.11 Å². The topological polar surface area (TPSA) is 26.7 Å². The highest BCUT2D eigenvalue weighted by atomic mass is 16.3. The number of nitrogens with zero attached hydrogens (tertiary/aromatic N) is 2. The summed E-state index contributed by atoms with van der Waals surface area (Å²) in [6.45, 7) is 6.48. The Morgan fingerprint density at radius 1 is 0.824 bits per heavy atom. The molecule has 100 valence electrons. The van der Waals surface area contributed by atoms with Gasteiger partial charge in [0.05, 0.1) is 0 Å². The number of rotatable bonds is 4. The van der Waals surface area contributed by atoms with Crippen molar-refractivity contribution in [1.29, 1.82) is 0 Å². The van der Waals surface area contributed by atoms with E-state index in [1.54, 1.807) is 0 Å². The van der Waals surface area contributed by atoms with Crippen molar-refractivity contribution in [3.63, 3.8) is 0 Å².